The highest BCUT2D eigenvalue weighted by Crippen LogP contribution is 2.51. The van der Waals surface area contributed by atoms with E-state index in [1.54, 1.807) is 0 Å². The van der Waals surface area contributed by atoms with Gasteiger partial charge in [0.1, 0.15) is 0 Å². The zero-order valence-electron chi connectivity index (χ0n) is 23.8. The normalized spacial score (nSPS) is 12.2. The summed E-state index contributed by atoms with van der Waals surface area (Å²) < 4.78 is 0. The summed E-state index contributed by atoms with van der Waals surface area (Å²) in [6, 6.07) is 51.4. The number of carbonyl (C=O) groups excluding carboxylic acids is 2. The van der Waals surface area contributed by atoms with Crippen molar-refractivity contribution < 1.29 is 9.59 Å². The Labute approximate surface area is 256 Å². The minimum Gasteiger partial charge on any atom is -0.289 e. The minimum absolute atomic E-state index is 0.180. The summed E-state index contributed by atoms with van der Waals surface area (Å²) in [5.41, 5.74) is 11.5. The third-order valence-corrected chi connectivity index (χ3v) is 8.64. The predicted octanol–water partition coefficient (Wildman–Crippen LogP) is 9.72. The van der Waals surface area contributed by atoms with E-state index in [1.807, 2.05) is 109 Å². The summed E-state index contributed by atoms with van der Waals surface area (Å²) in [6.07, 6.45) is 0. The molecule has 0 bridgehead atoms. The number of hydrogen-bond acceptors (Lipinski definition) is 2. The highest BCUT2D eigenvalue weighted by Gasteiger charge is 2.37. The van der Waals surface area contributed by atoms with Gasteiger partial charge in [-0.05, 0) is 44.5 Å². The number of fused-ring (bicyclic) bond motifs is 6. The van der Waals surface area contributed by atoms with Gasteiger partial charge in [0.25, 0.3) is 0 Å². The Morgan fingerprint density at radius 3 is 0.773 bits per heavy atom. The molecule has 6 aromatic rings. The molecule has 0 saturated heterocycles. The van der Waals surface area contributed by atoms with Gasteiger partial charge in [-0.25, -0.2) is 0 Å². The van der Waals surface area contributed by atoms with Crippen molar-refractivity contribution in [3.8, 4) is 22.3 Å². The lowest BCUT2D eigenvalue weighted by Crippen LogP contribution is -2.17. The molecular weight excluding hydrogens is 536 g/mol. The number of allylic oxidation sites excluding steroid dienone is 2. The van der Waals surface area contributed by atoms with Crippen LogP contribution in [0.25, 0.3) is 33.4 Å². The Kier molecular flexibility index (Phi) is 6.13. The first-order valence-electron chi connectivity index (χ1n) is 14.8. The zero-order valence-corrected chi connectivity index (χ0v) is 23.8. The first kappa shape index (κ1) is 25.8. The van der Waals surface area contributed by atoms with Crippen molar-refractivity contribution in [3.63, 3.8) is 0 Å². The van der Waals surface area contributed by atoms with Gasteiger partial charge in [0.05, 0.1) is 0 Å². The maximum atomic E-state index is 15.1. The molecule has 0 fully saturated rings. The van der Waals surface area contributed by atoms with Crippen molar-refractivity contribution in [1.82, 2.24) is 0 Å². The van der Waals surface area contributed by atoms with E-state index in [9.17, 15) is 0 Å². The standard InChI is InChI=1S/C42H26O2/c43-41(27-15-3-1-4-16-27)39(37-33-23-11-7-19-29(33)30-20-8-12-24-34(30)37)40(42(44)28-17-5-2-6-18-28)38-35-25-13-9-21-31(35)32-22-10-14-26-36(32)38/h1-26H. The number of Topliss-reactive ketones (excluding diaryl/α,β-unsaturated/α-hetero) is 2. The highest BCUT2D eigenvalue weighted by molar-refractivity contribution is 6.32. The van der Waals surface area contributed by atoms with E-state index >= 15 is 9.59 Å². The minimum atomic E-state index is -0.180. The Morgan fingerprint density at radius 1 is 0.273 bits per heavy atom. The quantitative estimate of drug-likeness (QED) is 0.155. The topological polar surface area (TPSA) is 34.1 Å². The van der Waals surface area contributed by atoms with Crippen LogP contribution in [-0.2, 0) is 0 Å². The summed E-state index contributed by atoms with van der Waals surface area (Å²) in [7, 11) is 0. The molecule has 2 heteroatoms. The Bertz CT molecular complexity index is 1930. The summed E-state index contributed by atoms with van der Waals surface area (Å²) in [4.78, 5) is 30.1. The van der Waals surface area contributed by atoms with Crippen LogP contribution in [0.2, 0.25) is 0 Å². The van der Waals surface area contributed by atoms with E-state index in [0.29, 0.717) is 22.3 Å². The lowest BCUT2D eigenvalue weighted by Gasteiger charge is -2.20. The molecule has 6 aromatic carbocycles. The summed E-state index contributed by atoms with van der Waals surface area (Å²) >= 11 is 0. The van der Waals surface area contributed by atoms with E-state index in [2.05, 4.69) is 48.5 Å². The fourth-order valence-corrected chi connectivity index (χ4v) is 6.74. The zero-order chi connectivity index (χ0) is 29.6. The molecule has 0 heterocycles. The van der Waals surface area contributed by atoms with Crippen LogP contribution in [0.3, 0.4) is 0 Å². The van der Waals surface area contributed by atoms with Crippen molar-refractivity contribution in [2.75, 3.05) is 0 Å². The number of ketones is 2. The van der Waals surface area contributed by atoms with Gasteiger partial charge in [0.2, 0.25) is 0 Å². The number of rotatable bonds is 5. The monoisotopic (exact) mass is 562 g/mol. The summed E-state index contributed by atoms with van der Waals surface area (Å²) in [5.74, 6) is -0.360. The Hall–Kier alpha value is -5.86. The Morgan fingerprint density at radius 2 is 0.500 bits per heavy atom. The number of hydrogen-bond donors (Lipinski definition) is 0. The second-order valence-electron chi connectivity index (χ2n) is 11.1. The van der Waals surface area contributed by atoms with Crippen molar-refractivity contribution in [2.45, 2.75) is 0 Å². The van der Waals surface area contributed by atoms with Crippen LogP contribution in [0, 0.1) is 0 Å². The molecule has 2 aliphatic rings. The highest BCUT2D eigenvalue weighted by atomic mass is 16.1. The molecule has 0 aliphatic heterocycles. The second kappa shape index (κ2) is 10.4. The van der Waals surface area contributed by atoms with Crippen molar-refractivity contribution in [3.05, 3.63) is 202 Å². The largest absolute Gasteiger partial charge is 0.289 e. The van der Waals surface area contributed by atoms with Gasteiger partial charge < -0.3 is 0 Å². The lowest BCUT2D eigenvalue weighted by atomic mass is 9.80. The van der Waals surface area contributed by atoms with Crippen LogP contribution < -0.4 is 0 Å². The molecule has 0 saturated carbocycles. The second-order valence-corrected chi connectivity index (χ2v) is 11.1. The van der Waals surface area contributed by atoms with Gasteiger partial charge >= 0.3 is 0 Å². The van der Waals surface area contributed by atoms with Crippen LogP contribution in [0.4, 0.5) is 0 Å². The molecule has 2 nitrogen and oxygen atoms in total. The number of benzene rings is 6. The van der Waals surface area contributed by atoms with Crippen LogP contribution in [-0.4, -0.2) is 11.6 Å². The van der Waals surface area contributed by atoms with Crippen LogP contribution in [0.1, 0.15) is 43.0 Å². The molecule has 0 N–H and O–H groups in total. The molecule has 0 radical (unpaired) electrons. The molecule has 0 amide bonds. The molecule has 0 atom stereocenters. The third-order valence-electron chi connectivity index (χ3n) is 8.64. The lowest BCUT2D eigenvalue weighted by molar-refractivity contribution is 0.0998. The van der Waals surface area contributed by atoms with E-state index in [1.165, 1.54) is 0 Å². The van der Waals surface area contributed by atoms with E-state index in [0.717, 1.165) is 55.7 Å². The van der Waals surface area contributed by atoms with Crippen molar-refractivity contribution in [2.24, 2.45) is 0 Å². The summed E-state index contributed by atoms with van der Waals surface area (Å²) in [5, 5.41) is 0. The molecule has 0 aromatic heterocycles. The molecule has 2 aliphatic carbocycles. The van der Waals surface area contributed by atoms with Gasteiger partial charge in [-0.3, -0.25) is 9.59 Å². The molecule has 0 unspecified atom stereocenters. The SMILES string of the molecule is O=C(C(C(C(=O)c1ccccc1)=C1c2ccccc2-c2ccccc21)=C1c2ccccc2-c2ccccc21)c1ccccc1. The molecule has 8 rings (SSSR count). The van der Waals surface area contributed by atoms with Crippen LogP contribution >= 0.6 is 0 Å². The first-order valence-corrected chi connectivity index (χ1v) is 14.8. The van der Waals surface area contributed by atoms with Crippen molar-refractivity contribution >= 4 is 22.7 Å². The maximum absolute atomic E-state index is 15.1. The van der Waals surface area contributed by atoms with Crippen LogP contribution in [0.15, 0.2) is 169 Å². The average Bonchev–Trinajstić information content (AvgIpc) is 3.60. The van der Waals surface area contributed by atoms with E-state index in [4.69, 9.17) is 0 Å². The van der Waals surface area contributed by atoms with Gasteiger partial charge in [0.15, 0.2) is 11.6 Å². The smallest absolute Gasteiger partial charge is 0.194 e. The average molecular weight is 563 g/mol. The third kappa shape index (κ3) is 3.96. The first-order chi connectivity index (χ1) is 21.7. The molecule has 206 valence electrons. The number of carbonyl (C=O) groups is 2. The molecule has 44 heavy (non-hydrogen) atoms. The van der Waals surface area contributed by atoms with Gasteiger partial charge in [-0.2, -0.15) is 0 Å². The fourth-order valence-electron chi connectivity index (χ4n) is 6.74. The Balaban J connectivity index is 1.58. The van der Waals surface area contributed by atoms with Gasteiger partial charge in [0, 0.05) is 33.4 Å². The van der Waals surface area contributed by atoms with Crippen molar-refractivity contribution in [1.29, 1.82) is 0 Å². The summed E-state index contributed by atoms with van der Waals surface area (Å²) in [6.45, 7) is 0. The van der Waals surface area contributed by atoms with E-state index in [-0.39, 0.29) is 11.6 Å². The maximum Gasteiger partial charge on any atom is 0.194 e. The van der Waals surface area contributed by atoms with E-state index < -0.39 is 0 Å². The molecule has 0 spiro atoms. The van der Waals surface area contributed by atoms with Gasteiger partial charge in [-0.1, -0.05) is 158 Å². The van der Waals surface area contributed by atoms with Gasteiger partial charge in [-0.15, -0.1) is 0 Å². The van der Waals surface area contributed by atoms with Crippen LogP contribution in [0.5, 0.6) is 0 Å². The predicted molar refractivity (Wildman–Crippen MR) is 177 cm³/mol. The molecular formula is C42H26O2. The fraction of sp³-hybridized carbons (Fsp3) is 0.